The van der Waals surface area contributed by atoms with Gasteiger partial charge < -0.3 is 4.74 Å². The maximum atomic E-state index is 5.31. The third-order valence-corrected chi connectivity index (χ3v) is 3.02. The molecule has 2 heteroatoms. The number of benzene rings is 1. The molecule has 0 amide bonds. The van der Waals surface area contributed by atoms with E-state index in [1.807, 2.05) is 12.1 Å². The van der Waals surface area contributed by atoms with Crippen molar-refractivity contribution in [1.29, 1.82) is 0 Å². The van der Waals surface area contributed by atoms with Crippen molar-refractivity contribution in [3.8, 4) is 11.8 Å². The average molecular weight is 287 g/mol. The number of hydrogen-bond donors (Lipinski definition) is 0. The zero-order valence-corrected chi connectivity index (χ0v) is 14.0. The Hall–Kier alpha value is -1.30. The Morgan fingerprint density at radius 1 is 1.14 bits per heavy atom. The van der Waals surface area contributed by atoms with Crippen LogP contribution in [0, 0.1) is 24.7 Å². The minimum absolute atomic E-state index is 0.833. The molecule has 0 atom stereocenters. The number of nitrogens with zero attached hydrogens (tertiary/aromatic N) is 1. The lowest BCUT2D eigenvalue weighted by Crippen LogP contribution is -2.36. The SMILES string of the molecule is CC(C)C.Cc1ccccc1C#CCCN1CCOCC1. The molecule has 1 aliphatic rings. The van der Waals surface area contributed by atoms with Gasteiger partial charge in [-0.25, -0.2) is 0 Å². The smallest absolute Gasteiger partial charge is 0.0594 e. The Morgan fingerprint density at radius 2 is 1.76 bits per heavy atom. The Kier molecular flexibility index (Phi) is 8.82. The summed E-state index contributed by atoms with van der Waals surface area (Å²) in [6, 6.07) is 8.27. The zero-order chi connectivity index (χ0) is 15.5. The molecule has 116 valence electrons. The highest BCUT2D eigenvalue weighted by molar-refractivity contribution is 5.40. The molecule has 1 heterocycles. The highest BCUT2D eigenvalue weighted by atomic mass is 16.5. The first-order valence-electron chi connectivity index (χ1n) is 7.94. The molecule has 1 fully saturated rings. The molecule has 0 bridgehead atoms. The van der Waals surface area contributed by atoms with Crippen molar-refractivity contribution >= 4 is 0 Å². The molecule has 0 N–H and O–H groups in total. The highest BCUT2D eigenvalue weighted by Gasteiger charge is 2.08. The molecule has 1 aromatic carbocycles. The third-order valence-electron chi connectivity index (χ3n) is 3.02. The molecule has 0 aliphatic carbocycles. The molecule has 1 aromatic rings. The average Bonchev–Trinajstić information content (AvgIpc) is 2.46. The van der Waals surface area contributed by atoms with Gasteiger partial charge in [-0.3, -0.25) is 4.90 Å². The maximum Gasteiger partial charge on any atom is 0.0594 e. The van der Waals surface area contributed by atoms with Crippen molar-refractivity contribution < 1.29 is 4.74 Å². The first kappa shape index (κ1) is 17.8. The van der Waals surface area contributed by atoms with Crippen LogP contribution in [0.1, 0.15) is 38.3 Å². The van der Waals surface area contributed by atoms with E-state index >= 15 is 0 Å². The van der Waals surface area contributed by atoms with E-state index in [0.717, 1.165) is 50.8 Å². The summed E-state index contributed by atoms with van der Waals surface area (Å²) < 4.78 is 5.31. The largest absolute Gasteiger partial charge is 0.379 e. The second-order valence-corrected chi connectivity index (χ2v) is 6.05. The van der Waals surface area contributed by atoms with Gasteiger partial charge >= 0.3 is 0 Å². The first-order valence-corrected chi connectivity index (χ1v) is 7.94. The first-order chi connectivity index (χ1) is 10.1. The fourth-order valence-electron chi connectivity index (χ4n) is 1.91. The van der Waals surface area contributed by atoms with Gasteiger partial charge in [0, 0.05) is 31.6 Å². The number of aryl methyl sites for hydroxylation is 1. The van der Waals surface area contributed by atoms with Crippen LogP contribution in [0.2, 0.25) is 0 Å². The van der Waals surface area contributed by atoms with E-state index in [-0.39, 0.29) is 0 Å². The van der Waals surface area contributed by atoms with Crippen LogP contribution in [-0.2, 0) is 4.74 Å². The summed E-state index contributed by atoms with van der Waals surface area (Å²) in [4.78, 5) is 2.41. The molecular weight excluding hydrogens is 258 g/mol. The number of morpholine rings is 1. The maximum absolute atomic E-state index is 5.31. The number of ether oxygens (including phenoxy) is 1. The lowest BCUT2D eigenvalue weighted by molar-refractivity contribution is 0.0390. The Labute approximate surface area is 130 Å². The molecule has 2 rings (SSSR count). The van der Waals surface area contributed by atoms with Gasteiger partial charge in [0.2, 0.25) is 0 Å². The molecule has 0 radical (unpaired) electrons. The van der Waals surface area contributed by atoms with Crippen LogP contribution in [0.3, 0.4) is 0 Å². The Morgan fingerprint density at radius 3 is 2.38 bits per heavy atom. The van der Waals surface area contributed by atoms with Crippen molar-refractivity contribution in [2.24, 2.45) is 5.92 Å². The van der Waals surface area contributed by atoms with E-state index in [2.05, 4.69) is 56.6 Å². The van der Waals surface area contributed by atoms with Gasteiger partial charge in [-0.1, -0.05) is 50.8 Å². The predicted molar refractivity (Wildman–Crippen MR) is 90.4 cm³/mol. The summed E-state index contributed by atoms with van der Waals surface area (Å²) in [6.07, 6.45) is 0.939. The van der Waals surface area contributed by atoms with Crippen LogP contribution in [0.15, 0.2) is 24.3 Å². The van der Waals surface area contributed by atoms with Crippen LogP contribution in [0.4, 0.5) is 0 Å². The van der Waals surface area contributed by atoms with Gasteiger partial charge in [-0.15, -0.1) is 0 Å². The lowest BCUT2D eigenvalue weighted by Gasteiger charge is -2.25. The summed E-state index contributed by atoms with van der Waals surface area (Å²) >= 11 is 0. The molecule has 0 aromatic heterocycles. The number of rotatable bonds is 2. The van der Waals surface area contributed by atoms with Crippen molar-refractivity contribution in [2.75, 3.05) is 32.8 Å². The van der Waals surface area contributed by atoms with E-state index in [1.165, 1.54) is 5.56 Å². The molecular formula is C19H29NO. The summed E-state index contributed by atoms with van der Waals surface area (Å²) in [5.41, 5.74) is 2.40. The summed E-state index contributed by atoms with van der Waals surface area (Å²) in [5.74, 6) is 7.34. The van der Waals surface area contributed by atoms with Crippen molar-refractivity contribution in [3.05, 3.63) is 35.4 Å². The van der Waals surface area contributed by atoms with E-state index in [9.17, 15) is 0 Å². The molecule has 0 spiro atoms. The summed E-state index contributed by atoms with van der Waals surface area (Å²) in [5, 5.41) is 0. The lowest BCUT2D eigenvalue weighted by atomic mass is 10.1. The summed E-state index contributed by atoms with van der Waals surface area (Å²) in [6.45, 7) is 13.5. The molecule has 1 saturated heterocycles. The van der Waals surface area contributed by atoms with Crippen LogP contribution < -0.4 is 0 Å². The molecule has 21 heavy (non-hydrogen) atoms. The van der Waals surface area contributed by atoms with Crippen LogP contribution in [-0.4, -0.2) is 37.7 Å². The second-order valence-electron chi connectivity index (χ2n) is 6.05. The molecule has 0 saturated carbocycles. The standard InChI is InChI=1S/C15H19NO.C4H10/c1-14-6-2-3-7-15(14)8-4-5-9-16-10-12-17-13-11-16;1-4(2)3/h2-3,6-7H,5,9-13H2,1H3;4H,1-3H3. The van der Waals surface area contributed by atoms with Crippen LogP contribution in [0.25, 0.3) is 0 Å². The quantitative estimate of drug-likeness (QED) is 0.769. The molecule has 2 nitrogen and oxygen atoms in total. The van der Waals surface area contributed by atoms with E-state index < -0.39 is 0 Å². The van der Waals surface area contributed by atoms with Gasteiger partial charge in [0.25, 0.3) is 0 Å². The van der Waals surface area contributed by atoms with E-state index in [1.54, 1.807) is 0 Å². The fourth-order valence-corrected chi connectivity index (χ4v) is 1.91. The van der Waals surface area contributed by atoms with Gasteiger partial charge in [0.05, 0.1) is 13.2 Å². The molecule has 0 unspecified atom stereocenters. The van der Waals surface area contributed by atoms with Gasteiger partial charge in [-0.2, -0.15) is 0 Å². The fraction of sp³-hybridized carbons (Fsp3) is 0.579. The highest BCUT2D eigenvalue weighted by Crippen LogP contribution is 2.04. The summed E-state index contributed by atoms with van der Waals surface area (Å²) in [7, 11) is 0. The second kappa shape index (κ2) is 10.4. The van der Waals surface area contributed by atoms with Gasteiger partial charge in [0.1, 0.15) is 0 Å². The third kappa shape index (κ3) is 8.55. The minimum atomic E-state index is 0.833. The van der Waals surface area contributed by atoms with Crippen LogP contribution >= 0.6 is 0 Å². The normalized spacial score (nSPS) is 14.9. The van der Waals surface area contributed by atoms with Crippen LogP contribution in [0.5, 0.6) is 0 Å². The van der Waals surface area contributed by atoms with E-state index in [4.69, 9.17) is 4.74 Å². The Bertz CT molecular complexity index is 447. The monoisotopic (exact) mass is 287 g/mol. The van der Waals surface area contributed by atoms with Gasteiger partial charge in [-0.05, 0) is 24.5 Å². The molecule has 1 aliphatic heterocycles. The predicted octanol–water partition coefficient (Wildman–Crippen LogP) is 3.73. The topological polar surface area (TPSA) is 12.5 Å². The van der Waals surface area contributed by atoms with Crippen molar-refractivity contribution in [3.63, 3.8) is 0 Å². The van der Waals surface area contributed by atoms with Gasteiger partial charge in [0.15, 0.2) is 0 Å². The zero-order valence-electron chi connectivity index (χ0n) is 14.0. The van der Waals surface area contributed by atoms with Crippen molar-refractivity contribution in [1.82, 2.24) is 4.90 Å². The Balaban J connectivity index is 0.000000491. The van der Waals surface area contributed by atoms with Crippen molar-refractivity contribution in [2.45, 2.75) is 34.1 Å². The number of hydrogen-bond acceptors (Lipinski definition) is 2. The van der Waals surface area contributed by atoms with E-state index in [0.29, 0.717) is 0 Å². The minimum Gasteiger partial charge on any atom is -0.379 e.